The van der Waals surface area contributed by atoms with Crippen molar-refractivity contribution >= 4 is 17.5 Å². The molecule has 0 N–H and O–H groups in total. The van der Waals surface area contributed by atoms with Gasteiger partial charge >= 0.3 is 0 Å². The van der Waals surface area contributed by atoms with E-state index in [1.165, 1.54) is 0 Å². The molecule has 4 nitrogen and oxygen atoms in total. The number of carbonyl (C=O) groups excluding carboxylic acids is 1. The topological polar surface area (TPSA) is 53.3 Å². The van der Waals surface area contributed by atoms with Crippen LogP contribution in [0.15, 0.2) is 42.5 Å². The third-order valence-corrected chi connectivity index (χ3v) is 4.26. The molecule has 0 unspecified atom stereocenters. The highest BCUT2D eigenvalue weighted by atomic mass is 35.5. The van der Waals surface area contributed by atoms with Crippen LogP contribution in [0, 0.1) is 18.3 Å². The second kappa shape index (κ2) is 9.10. The van der Waals surface area contributed by atoms with Gasteiger partial charge in [0.05, 0.1) is 18.2 Å². The fourth-order valence-corrected chi connectivity index (χ4v) is 2.53. The van der Waals surface area contributed by atoms with Crippen LogP contribution in [0.5, 0.6) is 5.75 Å². The number of amides is 1. The van der Waals surface area contributed by atoms with Crippen LogP contribution < -0.4 is 4.74 Å². The summed E-state index contributed by atoms with van der Waals surface area (Å²) in [5.74, 6) is 0.814. The minimum absolute atomic E-state index is 0.0539. The third-order valence-electron chi connectivity index (χ3n) is 3.83. The maximum atomic E-state index is 12.2. The Bertz CT molecular complexity index is 784. The Morgan fingerprint density at radius 2 is 2.08 bits per heavy atom. The summed E-state index contributed by atoms with van der Waals surface area (Å²) in [5, 5.41) is 9.64. The van der Waals surface area contributed by atoms with Crippen molar-refractivity contribution in [3.05, 3.63) is 64.2 Å². The lowest BCUT2D eigenvalue weighted by molar-refractivity contribution is -0.130. The Morgan fingerprint density at radius 1 is 1.28 bits per heavy atom. The summed E-state index contributed by atoms with van der Waals surface area (Å²) in [6, 6.07) is 14.9. The predicted octanol–water partition coefficient (Wildman–Crippen LogP) is 4.34. The maximum Gasteiger partial charge on any atom is 0.222 e. The van der Waals surface area contributed by atoms with Crippen LogP contribution in [0.1, 0.15) is 29.5 Å². The summed E-state index contributed by atoms with van der Waals surface area (Å²) in [5.41, 5.74) is 2.52. The smallest absolute Gasteiger partial charge is 0.222 e. The zero-order valence-electron chi connectivity index (χ0n) is 14.5. The van der Waals surface area contributed by atoms with Gasteiger partial charge in [0.15, 0.2) is 0 Å². The van der Waals surface area contributed by atoms with E-state index in [1.807, 2.05) is 31.2 Å². The lowest BCUT2D eigenvalue weighted by Gasteiger charge is -2.17. The molecule has 0 saturated carbocycles. The van der Waals surface area contributed by atoms with Crippen LogP contribution in [-0.4, -0.2) is 24.5 Å². The molecule has 2 rings (SSSR count). The number of hydrogen-bond acceptors (Lipinski definition) is 3. The summed E-state index contributed by atoms with van der Waals surface area (Å²) in [6.07, 6.45) is 1.06. The Labute approximate surface area is 153 Å². The van der Waals surface area contributed by atoms with Gasteiger partial charge in [-0.25, -0.2) is 0 Å². The fourth-order valence-electron chi connectivity index (χ4n) is 2.41. The number of halogens is 1. The molecule has 0 spiro atoms. The van der Waals surface area contributed by atoms with Gasteiger partial charge in [0.25, 0.3) is 0 Å². The number of hydrogen-bond donors (Lipinski definition) is 0. The third kappa shape index (κ3) is 5.81. The molecule has 0 heterocycles. The SMILES string of the molecule is Cc1cc(OCCCC(=O)N(C)Cc2cccc(C#N)c2)ccc1Cl. The number of nitriles is 1. The van der Waals surface area contributed by atoms with Crippen molar-refractivity contribution in [2.45, 2.75) is 26.3 Å². The second-order valence-corrected chi connectivity index (χ2v) is 6.33. The van der Waals surface area contributed by atoms with E-state index in [-0.39, 0.29) is 5.91 Å². The highest BCUT2D eigenvalue weighted by Gasteiger charge is 2.09. The van der Waals surface area contributed by atoms with Gasteiger partial charge in [0, 0.05) is 25.0 Å². The summed E-state index contributed by atoms with van der Waals surface area (Å²) in [7, 11) is 1.77. The average Bonchev–Trinajstić information content (AvgIpc) is 2.61. The van der Waals surface area contributed by atoms with Gasteiger partial charge in [-0.3, -0.25) is 4.79 Å². The molecule has 1 amide bonds. The molecule has 130 valence electrons. The molecule has 2 aromatic rings. The molecule has 0 aromatic heterocycles. The van der Waals surface area contributed by atoms with Crippen molar-refractivity contribution in [1.82, 2.24) is 4.90 Å². The largest absolute Gasteiger partial charge is 0.494 e. The van der Waals surface area contributed by atoms with Crippen molar-refractivity contribution < 1.29 is 9.53 Å². The van der Waals surface area contributed by atoms with Crippen LogP contribution in [0.2, 0.25) is 5.02 Å². The van der Waals surface area contributed by atoms with Crippen LogP contribution in [0.3, 0.4) is 0 Å². The molecule has 0 saturated heterocycles. The highest BCUT2D eigenvalue weighted by molar-refractivity contribution is 6.31. The number of ether oxygens (including phenoxy) is 1. The zero-order valence-corrected chi connectivity index (χ0v) is 15.2. The predicted molar refractivity (Wildman–Crippen MR) is 98.5 cm³/mol. The molecule has 0 atom stereocenters. The number of aryl methyl sites for hydroxylation is 1. The summed E-state index contributed by atoms with van der Waals surface area (Å²) in [4.78, 5) is 13.9. The van der Waals surface area contributed by atoms with E-state index in [0.29, 0.717) is 36.6 Å². The van der Waals surface area contributed by atoms with Gasteiger partial charge in [-0.05, 0) is 54.8 Å². The minimum Gasteiger partial charge on any atom is -0.494 e. The first-order valence-corrected chi connectivity index (χ1v) is 8.49. The molecule has 0 fully saturated rings. The quantitative estimate of drug-likeness (QED) is 0.693. The van der Waals surface area contributed by atoms with E-state index >= 15 is 0 Å². The highest BCUT2D eigenvalue weighted by Crippen LogP contribution is 2.21. The summed E-state index contributed by atoms with van der Waals surface area (Å²) >= 11 is 5.98. The van der Waals surface area contributed by atoms with Crippen molar-refractivity contribution in [3.63, 3.8) is 0 Å². The van der Waals surface area contributed by atoms with Gasteiger partial charge in [0.1, 0.15) is 5.75 Å². The molecule has 0 aliphatic carbocycles. The Morgan fingerprint density at radius 3 is 2.80 bits per heavy atom. The lowest BCUT2D eigenvalue weighted by Crippen LogP contribution is -2.26. The molecule has 0 aliphatic heterocycles. The average molecular weight is 357 g/mol. The van der Waals surface area contributed by atoms with Crippen LogP contribution in [-0.2, 0) is 11.3 Å². The molecular weight excluding hydrogens is 336 g/mol. The second-order valence-electron chi connectivity index (χ2n) is 5.92. The lowest BCUT2D eigenvalue weighted by atomic mass is 10.1. The first-order valence-electron chi connectivity index (χ1n) is 8.11. The first-order chi connectivity index (χ1) is 12.0. The molecule has 2 aromatic carbocycles. The summed E-state index contributed by atoms with van der Waals surface area (Å²) in [6.45, 7) is 2.89. The normalized spacial score (nSPS) is 10.2. The standard InChI is InChI=1S/C20H21ClN2O2/c1-15-11-18(8-9-19(15)21)25-10-4-7-20(24)23(2)14-17-6-3-5-16(12-17)13-22/h3,5-6,8-9,11-12H,4,7,10,14H2,1-2H3. The number of carbonyl (C=O) groups is 1. The van der Waals surface area contributed by atoms with Crippen LogP contribution >= 0.6 is 11.6 Å². The molecule has 0 aliphatic rings. The Balaban J connectivity index is 1.75. The van der Waals surface area contributed by atoms with E-state index in [0.717, 1.165) is 16.9 Å². The van der Waals surface area contributed by atoms with Gasteiger partial charge < -0.3 is 9.64 Å². The van der Waals surface area contributed by atoms with Gasteiger partial charge in [0.2, 0.25) is 5.91 Å². The summed E-state index contributed by atoms with van der Waals surface area (Å²) < 4.78 is 5.66. The number of nitrogens with zero attached hydrogens (tertiary/aromatic N) is 2. The van der Waals surface area contributed by atoms with Crippen molar-refractivity contribution in [3.8, 4) is 11.8 Å². The van der Waals surface area contributed by atoms with E-state index in [1.54, 1.807) is 30.1 Å². The minimum atomic E-state index is 0.0539. The van der Waals surface area contributed by atoms with Gasteiger partial charge in [-0.2, -0.15) is 5.26 Å². The van der Waals surface area contributed by atoms with E-state index in [9.17, 15) is 4.79 Å². The number of benzene rings is 2. The van der Waals surface area contributed by atoms with Gasteiger partial charge in [-0.1, -0.05) is 23.7 Å². The van der Waals surface area contributed by atoms with Crippen molar-refractivity contribution in [1.29, 1.82) is 5.26 Å². The molecular formula is C20H21ClN2O2. The van der Waals surface area contributed by atoms with Crippen molar-refractivity contribution in [2.24, 2.45) is 0 Å². The Hall–Kier alpha value is -2.51. The van der Waals surface area contributed by atoms with Crippen LogP contribution in [0.25, 0.3) is 0 Å². The van der Waals surface area contributed by atoms with E-state index in [2.05, 4.69) is 6.07 Å². The maximum absolute atomic E-state index is 12.2. The molecule has 25 heavy (non-hydrogen) atoms. The first kappa shape index (κ1) is 18.8. The number of rotatable bonds is 7. The van der Waals surface area contributed by atoms with Crippen LogP contribution in [0.4, 0.5) is 0 Å². The molecule has 0 radical (unpaired) electrons. The molecule has 0 bridgehead atoms. The monoisotopic (exact) mass is 356 g/mol. The fraction of sp³-hybridized carbons (Fsp3) is 0.300. The Kier molecular flexibility index (Phi) is 6.85. The van der Waals surface area contributed by atoms with E-state index in [4.69, 9.17) is 21.6 Å². The zero-order chi connectivity index (χ0) is 18.2. The van der Waals surface area contributed by atoms with Crippen molar-refractivity contribution in [2.75, 3.05) is 13.7 Å². The van der Waals surface area contributed by atoms with E-state index < -0.39 is 0 Å². The molecule has 5 heteroatoms. The van der Waals surface area contributed by atoms with Gasteiger partial charge in [-0.15, -0.1) is 0 Å².